The van der Waals surface area contributed by atoms with E-state index in [-0.39, 0.29) is 80.4 Å². The number of phenolic OH excluding ortho intramolecular Hbond substituents is 4. The molecule has 0 aromatic heterocycles. The zero-order valence-corrected chi connectivity index (χ0v) is 26.9. The normalized spacial score (nSPS) is 15.8. The number of aromatic hydroxyl groups is 4. The molecule has 8 heteroatoms. The molecule has 0 radical (unpaired) electrons. The van der Waals surface area contributed by atoms with Gasteiger partial charge in [0.15, 0.2) is 46.1 Å². The highest BCUT2D eigenvalue weighted by Gasteiger charge is 2.42. The molecule has 0 spiro atoms. The number of hydrogen-bond donors (Lipinski definition) is 4. The molecule has 4 aromatic carbocycles. The van der Waals surface area contributed by atoms with E-state index in [1.807, 2.05) is 74.5 Å². The van der Waals surface area contributed by atoms with Crippen LogP contribution in [0.1, 0.15) is 103 Å². The van der Waals surface area contributed by atoms with E-state index >= 15 is 0 Å². The summed E-state index contributed by atoms with van der Waals surface area (Å²) in [6.45, 7) is 6.58. The molecule has 6 rings (SSSR count). The van der Waals surface area contributed by atoms with Crippen LogP contribution in [0.4, 0.5) is 0 Å². The molecular weight excluding hydrogens is 608 g/mol. The number of phenols is 4. The summed E-state index contributed by atoms with van der Waals surface area (Å²) in [6, 6.07) is 20.8. The number of ketones is 4. The maximum absolute atomic E-state index is 14.3. The smallest absolute Gasteiger partial charge is 0.195 e. The number of hydrogen-bond acceptors (Lipinski definition) is 8. The van der Waals surface area contributed by atoms with Gasteiger partial charge in [0, 0.05) is 55.7 Å². The number of allylic oxidation sites excluding steroid dienone is 4. The zero-order valence-electron chi connectivity index (χ0n) is 26.9. The van der Waals surface area contributed by atoms with Gasteiger partial charge >= 0.3 is 0 Å². The molecule has 4 N–H and O–H groups in total. The third-order valence-electron chi connectivity index (χ3n) is 9.60. The fourth-order valence-electron chi connectivity index (χ4n) is 6.93. The number of rotatable bonds is 7. The third-order valence-corrected chi connectivity index (χ3v) is 9.60. The van der Waals surface area contributed by atoms with Crippen molar-refractivity contribution in [2.24, 2.45) is 0 Å². The second kappa shape index (κ2) is 12.1. The quantitative estimate of drug-likeness (QED) is 0.154. The van der Waals surface area contributed by atoms with E-state index < -0.39 is 46.1 Å². The Morgan fingerprint density at radius 3 is 1.19 bits per heavy atom. The standard InChI is InChI=1S/C40H34O8/c1-19(23-11-7-5-8-12-23)15-25-33-27(17-29(41)37(25)45)39(47)31(21(3)35(33)43)32-22(4)36(44)34-26(16-20(2)24-13-9-6-10-14-24)38(46)30(42)18-28(34)40(32)48/h5-14,17-20,41-42,45-46H,15-16H2,1-4H3. The molecule has 0 fully saturated rings. The first-order valence-corrected chi connectivity index (χ1v) is 15.7. The van der Waals surface area contributed by atoms with Crippen LogP contribution in [0.5, 0.6) is 23.0 Å². The summed E-state index contributed by atoms with van der Waals surface area (Å²) in [5.74, 6) is -5.35. The summed E-state index contributed by atoms with van der Waals surface area (Å²) < 4.78 is 0. The topological polar surface area (TPSA) is 149 Å². The first-order valence-electron chi connectivity index (χ1n) is 15.7. The lowest BCUT2D eigenvalue weighted by Crippen LogP contribution is -2.30. The summed E-state index contributed by atoms with van der Waals surface area (Å²) in [7, 11) is 0. The van der Waals surface area contributed by atoms with E-state index in [1.54, 1.807) is 0 Å². The van der Waals surface area contributed by atoms with E-state index in [4.69, 9.17) is 0 Å². The van der Waals surface area contributed by atoms with Crippen LogP contribution in [0.3, 0.4) is 0 Å². The molecule has 0 bridgehead atoms. The van der Waals surface area contributed by atoms with Crippen molar-refractivity contribution >= 4 is 23.1 Å². The minimum Gasteiger partial charge on any atom is -0.504 e. The molecule has 8 nitrogen and oxygen atoms in total. The minimum absolute atomic E-state index is 0.0627. The fourth-order valence-corrected chi connectivity index (χ4v) is 6.93. The molecule has 0 aliphatic heterocycles. The Morgan fingerprint density at radius 2 is 0.854 bits per heavy atom. The lowest BCUT2D eigenvalue weighted by atomic mass is 9.72. The van der Waals surface area contributed by atoms with E-state index in [9.17, 15) is 39.6 Å². The van der Waals surface area contributed by atoms with Crippen LogP contribution in [0.2, 0.25) is 0 Å². The van der Waals surface area contributed by atoms with Crippen molar-refractivity contribution in [2.45, 2.75) is 52.4 Å². The van der Waals surface area contributed by atoms with E-state index in [0.717, 1.165) is 23.3 Å². The molecule has 4 aromatic rings. The first kappa shape index (κ1) is 32.2. The maximum Gasteiger partial charge on any atom is 0.195 e. The van der Waals surface area contributed by atoms with Crippen LogP contribution in [-0.4, -0.2) is 43.6 Å². The number of carbonyl (C=O) groups is 4. The second-order valence-corrected chi connectivity index (χ2v) is 12.6. The van der Waals surface area contributed by atoms with Gasteiger partial charge in [0.25, 0.3) is 0 Å². The van der Waals surface area contributed by atoms with Gasteiger partial charge in [-0.3, -0.25) is 19.2 Å². The SMILES string of the molecule is CC1=C(C2=C(C)C(=O)c3c(cc(O)c(O)c3CC(C)c3ccccc3)C2=O)C(=O)c2cc(O)c(O)c(CC(C)c3ccccc3)c2C1=O. The highest BCUT2D eigenvalue weighted by atomic mass is 16.3. The summed E-state index contributed by atoms with van der Waals surface area (Å²) in [5, 5.41) is 43.2. The zero-order chi connectivity index (χ0) is 34.6. The van der Waals surface area contributed by atoms with E-state index in [1.165, 1.54) is 13.8 Å². The summed E-state index contributed by atoms with van der Waals surface area (Å²) >= 11 is 0. The molecule has 242 valence electrons. The van der Waals surface area contributed by atoms with Gasteiger partial charge in [0.1, 0.15) is 0 Å². The van der Waals surface area contributed by atoms with Gasteiger partial charge in [-0.15, -0.1) is 0 Å². The highest BCUT2D eigenvalue weighted by Crippen LogP contribution is 2.46. The number of benzene rings is 4. The Labute approximate surface area is 277 Å². The van der Waals surface area contributed by atoms with E-state index in [0.29, 0.717) is 0 Å². The molecule has 2 atom stereocenters. The molecule has 0 amide bonds. The Kier molecular flexibility index (Phi) is 8.13. The number of Topliss-reactive ketones (excluding diaryl/α,β-unsaturated/α-hetero) is 4. The van der Waals surface area contributed by atoms with Crippen LogP contribution in [0.15, 0.2) is 95.1 Å². The average Bonchev–Trinajstić information content (AvgIpc) is 3.08. The molecule has 2 aliphatic rings. The third kappa shape index (κ3) is 5.10. The lowest BCUT2D eigenvalue weighted by Gasteiger charge is -2.28. The molecule has 0 saturated heterocycles. The van der Waals surface area contributed by atoms with Gasteiger partial charge in [-0.05, 0) is 61.8 Å². The van der Waals surface area contributed by atoms with Crippen LogP contribution in [0, 0.1) is 0 Å². The van der Waals surface area contributed by atoms with Crippen molar-refractivity contribution in [3.63, 3.8) is 0 Å². The predicted octanol–water partition coefficient (Wildman–Crippen LogP) is 7.29. The lowest BCUT2D eigenvalue weighted by molar-refractivity contribution is 0.0951. The summed E-state index contributed by atoms with van der Waals surface area (Å²) in [6.07, 6.45) is 0.265. The molecule has 2 unspecified atom stereocenters. The average molecular weight is 643 g/mol. The van der Waals surface area contributed by atoms with Gasteiger partial charge in [0.2, 0.25) is 0 Å². The van der Waals surface area contributed by atoms with Gasteiger partial charge in [-0.1, -0.05) is 74.5 Å². The van der Waals surface area contributed by atoms with Gasteiger partial charge in [0.05, 0.1) is 0 Å². The van der Waals surface area contributed by atoms with Crippen LogP contribution < -0.4 is 0 Å². The van der Waals surface area contributed by atoms with Crippen LogP contribution in [-0.2, 0) is 12.8 Å². The fraction of sp³-hybridized carbons (Fsp3) is 0.200. The van der Waals surface area contributed by atoms with Crippen molar-refractivity contribution in [3.8, 4) is 23.0 Å². The van der Waals surface area contributed by atoms with Crippen molar-refractivity contribution in [1.29, 1.82) is 0 Å². The Morgan fingerprint density at radius 1 is 0.521 bits per heavy atom. The van der Waals surface area contributed by atoms with E-state index in [2.05, 4.69) is 0 Å². The minimum atomic E-state index is -0.758. The van der Waals surface area contributed by atoms with Gasteiger partial charge in [-0.2, -0.15) is 0 Å². The second-order valence-electron chi connectivity index (χ2n) is 12.6. The van der Waals surface area contributed by atoms with Gasteiger partial charge in [-0.25, -0.2) is 0 Å². The predicted molar refractivity (Wildman–Crippen MR) is 179 cm³/mol. The Hall–Kier alpha value is -5.76. The molecule has 2 aliphatic carbocycles. The Balaban J connectivity index is 1.46. The summed E-state index contributed by atoms with van der Waals surface area (Å²) in [4.78, 5) is 56.7. The van der Waals surface area contributed by atoms with Crippen LogP contribution >= 0.6 is 0 Å². The van der Waals surface area contributed by atoms with Crippen molar-refractivity contribution < 1.29 is 39.6 Å². The van der Waals surface area contributed by atoms with Crippen molar-refractivity contribution in [3.05, 3.63) is 140 Å². The largest absolute Gasteiger partial charge is 0.504 e. The molecule has 48 heavy (non-hydrogen) atoms. The maximum atomic E-state index is 14.3. The monoisotopic (exact) mass is 642 g/mol. The van der Waals surface area contributed by atoms with Crippen molar-refractivity contribution in [1.82, 2.24) is 0 Å². The number of carbonyl (C=O) groups excluding carboxylic acids is 4. The first-order chi connectivity index (χ1) is 22.8. The molecule has 0 heterocycles. The molecule has 0 saturated carbocycles. The van der Waals surface area contributed by atoms with Gasteiger partial charge < -0.3 is 20.4 Å². The summed E-state index contributed by atoms with van der Waals surface area (Å²) in [5.41, 5.74) is 0.809. The van der Waals surface area contributed by atoms with Crippen LogP contribution in [0.25, 0.3) is 0 Å². The number of fused-ring (bicyclic) bond motifs is 2. The van der Waals surface area contributed by atoms with Crippen molar-refractivity contribution in [2.75, 3.05) is 0 Å². The Bertz CT molecular complexity index is 1970. The highest BCUT2D eigenvalue weighted by molar-refractivity contribution is 6.37. The molecular formula is C40H34O8.